The highest BCUT2D eigenvalue weighted by Crippen LogP contribution is 2.21. The highest BCUT2D eigenvalue weighted by Gasteiger charge is 2.21. The Bertz CT molecular complexity index is 899. The van der Waals surface area contributed by atoms with E-state index in [-0.39, 0.29) is 5.91 Å². The zero-order valence-corrected chi connectivity index (χ0v) is 15.3. The van der Waals surface area contributed by atoms with Crippen LogP contribution < -0.4 is 10.2 Å². The second kappa shape index (κ2) is 8.16. The fourth-order valence-electron chi connectivity index (χ4n) is 3.73. The summed E-state index contributed by atoms with van der Waals surface area (Å²) in [7, 11) is 0. The lowest BCUT2D eigenvalue weighted by Gasteiger charge is -2.31. The van der Waals surface area contributed by atoms with Gasteiger partial charge in [-0.2, -0.15) is 0 Å². The minimum absolute atomic E-state index is 0.0974. The summed E-state index contributed by atoms with van der Waals surface area (Å²) < 4.78 is 0. The first kappa shape index (κ1) is 17.5. The van der Waals surface area contributed by atoms with Crippen LogP contribution in [0.25, 0.3) is 10.8 Å². The number of amides is 1. The molecule has 4 rings (SSSR count). The van der Waals surface area contributed by atoms with E-state index in [4.69, 9.17) is 0 Å². The zero-order valence-electron chi connectivity index (χ0n) is 15.3. The molecule has 1 amide bonds. The highest BCUT2D eigenvalue weighted by atomic mass is 16.1. The van der Waals surface area contributed by atoms with Gasteiger partial charge in [-0.3, -0.25) is 4.79 Å². The van der Waals surface area contributed by atoms with E-state index in [9.17, 15) is 4.79 Å². The molecule has 27 heavy (non-hydrogen) atoms. The van der Waals surface area contributed by atoms with Gasteiger partial charge in [-0.05, 0) is 41.2 Å². The van der Waals surface area contributed by atoms with Crippen molar-refractivity contribution < 1.29 is 4.79 Å². The van der Waals surface area contributed by atoms with Crippen LogP contribution in [0.15, 0.2) is 60.9 Å². The molecule has 0 aliphatic carbocycles. The zero-order chi connectivity index (χ0) is 18.5. The lowest BCUT2D eigenvalue weighted by Crippen LogP contribution is -2.39. The van der Waals surface area contributed by atoms with Crippen molar-refractivity contribution in [3.05, 3.63) is 66.5 Å². The molecular formula is C22H24N4O. The average Bonchev–Trinajstić information content (AvgIpc) is 2.74. The Morgan fingerprint density at radius 2 is 1.74 bits per heavy atom. The Balaban J connectivity index is 1.28. The van der Waals surface area contributed by atoms with Crippen LogP contribution in [0.1, 0.15) is 18.4 Å². The molecule has 1 aliphatic rings. The number of anilines is 1. The van der Waals surface area contributed by atoms with Gasteiger partial charge >= 0.3 is 0 Å². The molecule has 2 aromatic carbocycles. The fourth-order valence-corrected chi connectivity index (χ4v) is 3.73. The van der Waals surface area contributed by atoms with Crippen LogP contribution in [0.4, 0.5) is 5.95 Å². The fraction of sp³-hybridized carbons (Fsp3) is 0.318. The van der Waals surface area contributed by atoms with E-state index in [2.05, 4.69) is 38.4 Å². The number of hydrogen-bond donors (Lipinski definition) is 1. The Morgan fingerprint density at radius 1 is 1.00 bits per heavy atom. The van der Waals surface area contributed by atoms with E-state index in [1.54, 1.807) is 12.4 Å². The molecule has 5 nitrogen and oxygen atoms in total. The molecular weight excluding hydrogens is 336 g/mol. The molecule has 2 heterocycles. The molecule has 138 valence electrons. The number of nitrogens with zero attached hydrogens (tertiary/aromatic N) is 3. The standard InChI is InChI=1S/C22H24N4O/c27-21(15-19-7-3-6-18-5-1-2-8-20(18)19)25-16-17-9-13-26(14-10-17)22-23-11-4-12-24-22/h1-8,11-12,17H,9-10,13-16H2,(H,25,27). The first-order valence-electron chi connectivity index (χ1n) is 9.55. The molecule has 3 aromatic rings. The number of carbonyl (C=O) groups excluding carboxylic acids is 1. The summed E-state index contributed by atoms with van der Waals surface area (Å²) >= 11 is 0. The SMILES string of the molecule is O=C(Cc1cccc2ccccc12)NCC1CCN(c2ncccn2)CC1. The summed E-state index contributed by atoms with van der Waals surface area (Å²) in [6.07, 6.45) is 6.08. The number of carbonyl (C=O) groups is 1. The van der Waals surface area contributed by atoms with Crippen molar-refractivity contribution in [3.8, 4) is 0 Å². The maximum Gasteiger partial charge on any atom is 0.225 e. The van der Waals surface area contributed by atoms with Gasteiger partial charge in [0.2, 0.25) is 11.9 Å². The molecule has 1 N–H and O–H groups in total. The van der Waals surface area contributed by atoms with Gasteiger partial charge in [0.1, 0.15) is 0 Å². The van der Waals surface area contributed by atoms with Crippen LogP contribution in [0.3, 0.4) is 0 Å². The van der Waals surface area contributed by atoms with Crippen LogP contribution >= 0.6 is 0 Å². The molecule has 0 bridgehead atoms. The van der Waals surface area contributed by atoms with Gasteiger partial charge in [0.05, 0.1) is 6.42 Å². The largest absolute Gasteiger partial charge is 0.356 e. The van der Waals surface area contributed by atoms with Crippen molar-refractivity contribution in [2.45, 2.75) is 19.3 Å². The molecule has 1 saturated heterocycles. The number of nitrogens with one attached hydrogen (secondary N) is 1. The highest BCUT2D eigenvalue weighted by molar-refractivity contribution is 5.90. The van der Waals surface area contributed by atoms with E-state index in [0.29, 0.717) is 12.3 Å². The Labute approximate surface area is 159 Å². The van der Waals surface area contributed by atoms with E-state index in [1.807, 2.05) is 30.3 Å². The Hall–Kier alpha value is -2.95. The summed E-state index contributed by atoms with van der Waals surface area (Å²) in [4.78, 5) is 23.3. The average molecular weight is 360 g/mol. The predicted octanol–water partition coefficient (Wildman–Crippen LogP) is 3.21. The number of rotatable bonds is 5. The first-order chi connectivity index (χ1) is 13.3. The maximum atomic E-state index is 12.4. The maximum absolute atomic E-state index is 12.4. The lowest BCUT2D eigenvalue weighted by molar-refractivity contribution is -0.120. The second-order valence-corrected chi connectivity index (χ2v) is 7.10. The van der Waals surface area contributed by atoms with Gasteiger partial charge in [0.15, 0.2) is 0 Å². The van der Waals surface area contributed by atoms with Crippen molar-refractivity contribution >= 4 is 22.6 Å². The topological polar surface area (TPSA) is 58.1 Å². The molecule has 1 fully saturated rings. The normalized spacial score (nSPS) is 15.0. The third-order valence-corrected chi connectivity index (χ3v) is 5.27. The van der Waals surface area contributed by atoms with Crippen LogP contribution in [0.5, 0.6) is 0 Å². The molecule has 1 aliphatic heterocycles. The van der Waals surface area contributed by atoms with Crippen molar-refractivity contribution in [1.29, 1.82) is 0 Å². The second-order valence-electron chi connectivity index (χ2n) is 7.10. The van der Waals surface area contributed by atoms with Crippen LogP contribution in [-0.2, 0) is 11.2 Å². The predicted molar refractivity (Wildman–Crippen MR) is 108 cm³/mol. The monoisotopic (exact) mass is 360 g/mol. The number of fused-ring (bicyclic) bond motifs is 1. The number of benzene rings is 2. The summed E-state index contributed by atoms with van der Waals surface area (Å²) in [5.74, 6) is 1.41. The van der Waals surface area contributed by atoms with E-state index >= 15 is 0 Å². The van der Waals surface area contributed by atoms with Crippen LogP contribution in [0.2, 0.25) is 0 Å². The Kier molecular flexibility index (Phi) is 5.28. The van der Waals surface area contributed by atoms with Gasteiger partial charge in [-0.25, -0.2) is 9.97 Å². The first-order valence-corrected chi connectivity index (χ1v) is 9.55. The van der Waals surface area contributed by atoms with Crippen LogP contribution in [0, 0.1) is 5.92 Å². The van der Waals surface area contributed by atoms with E-state index < -0.39 is 0 Å². The van der Waals surface area contributed by atoms with Crippen molar-refractivity contribution in [2.24, 2.45) is 5.92 Å². The summed E-state index contributed by atoms with van der Waals surface area (Å²) in [5, 5.41) is 5.47. The van der Waals surface area contributed by atoms with E-state index in [1.165, 1.54) is 5.39 Å². The molecule has 0 atom stereocenters. The van der Waals surface area contributed by atoms with Gasteiger partial charge in [-0.15, -0.1) is 0 Å². The molecule has 0 saturated carbocycles. The molecule has 0 spiro atoms. The van der Waals surface area contributed by atoms with Gasteiger partial charge < -0.3 is 10.2 Å². The Morgan fingerprint density at radius 3 is 2.56 bits per heavy atom. The smallest absolute Gasteiger partial charge is 0.225 e. The molecule has 0 unspecified atom stereocenters. The summed E-state index contributed by atoms with van der Waals surface area (Å²) in [6.45, 7) is 2.62. The summed E-state index contributed by atoms with van der Waals surface area (Å²) in [5.41, 5.74) is 1.08. The molecule has 0 radical (unpaired) electrons. The van der Waals surface area contributed by atoms with Crippen LogP contribution in [-0.4, -0.2) is 35.5 Å². The molecule has 5 heteroatoms. The van der Waals surface area contributed by atoms with Gasteiger partial charge in [0.25, 0.3) is 0 Å². The third-order valence-electron chi connectivity index (χ3n) is 5.27. The molecule has 1 aromatic heterocycles. The number of piperidine rings is 1. The minimum Gasteiger partial charge on any atom is -0.356 e. The van der Waals surface area contributed by atoms with Gasteiger partial charge in [0, 0.05) is 32.0 Å². The lowest BCUT2D eigenvalue weighted by atomic mass is 9.96. The van der Waals surface area contributed by atoms with Crippen molar-refractivity contribution in [3.63, 3.8) is 0 Å². The quantitative estimate of drug-likeness (QED) is 0.759. The summed E-state index contributed by atoms with van der Waals surface area (Å²) in [6, 6.07) is 16.2. The number of hydrogen-bond acceptors (Lipinski definition) is 4. The van der Waals surface area contributed by atoms with Gasteiger partial charge in [-0.1, -0.05) is 42.5 Å². The minimum atomic E-state index is 0.0974. The number of aromatic nitrogens is 2. The van der Waals surface area contributed by atoms with Crippen molar-refractivity contribution in [2.75, 3.05) is 24.5 Å². The van der Waals surface area contributed by atoms with E-state index in [0.717, 1.165) is 49.4 Å². The third kappa shape index (κ3) is 4.25. The van der Waals surface area contributed by atoms with Crippen molar-refractivity contribution in [1.82, 2.24) is 15.3 Å².